The van der Waals surface area contributed by atoms with Crippen LogP contribution in [0.3, 0.4) is 0 Å². The molecule has 0 aliphatic carbocycles. The first-order valence-corrected chi connectivity index (χ1v) is 11.0. The van der Waals surface area contributed by atoms with Gasteiger partial charge in [-0.05, 0) is 61.8 Å². The molecule has 2 atom stereocenters. The van der Waals surface area contributed by atoms with Crippen LogP contribution in [0, 0.1) is 16.6 Å². The number of nitrogens with one attached hydrogen (secondary N) is 1. The zero-order valence-electron chi connectivity index (χ0n) is 17.9. The Morgan fingerprint density at radius 3 is 2.48 bits per heavy atom. The second-order valence-corrected chi connectivity index (χ2v) is 8.72. The van der Waals surface area contributed by atoms with Crippen LogP contribution in [0.15, 0.2) is 23.0 Å². The van der Waals surface area contributed by atoms with Crippen molar-refractivity contribution in [2.75, 3.05) is 32.7 Å². The normalized spacial score (nSPS) is 19.8. The molecular formula is C22H32N4O2S. The largest absolute Gasteiger partial charge is 0.338 e. The second kappa shape index (κ2) is 9.22. The van der Waals surface area contributed by atoms with Crippen molar-refractivity contribution in [2.24, 2.45) is 11.8 Å². The summed E-state index contributed by atoms with van der Waals surface area (Å²) >= 11 is 5.45. The van der Waals surface area contributed by atoms with E-state index in [-0.39, 0.29) is 11.5 Å². The van der Waals surface area contributed by atoms with Gasteiger partial charge in [-0.3, -0.25) is 14.2 Å². The fourth-order valence-corrected chi connectivity index (χ4v) is 4.67. The molecule has 1 N–H and O–H groups in total. The highest BCUT2D eigenvalue weighted by Crippen LogP contribution is 2.23. The van der Waals surface area contributed by atoms with Gasteiger partial charge in [0.2, 0.25) is 0 Å². The molecule has 2 heterocycles. The fraction of sp³-hybridized carbons (Fsp3) is 0.591. The minimum Gasteiger partial charge on any atom is -0.338 e. The van der Waals surface area contributed by atoms with Crippen molar-refractivity contribution in [3.05, 3.63) is 38.9 Å². The number of likely N-dealkylation sites (tertiary alicyclic amines) is 1. The lowest BCUT2D eigenvalue weighted by atomic mass is 9.91. The fourth-order valence-electron chi connectivity index (χ4n) is 4.38. The molecule has 0 unspecified atom stereocenters. The molecule has 1 aromatic carbocycles. The third kappa shape index (κ3) is 4.78. The second-order valence-electron chi connectivity index (χ2n) is 8.33. The van der Waals surface area contributed by atoms with Gasteiger partial charge in [0.25, 0.3) is 11.5 Å². The van der Waals surface area contributed by atoms with Gasteiger partial charge in [-0.25, -0.2) is 0 Å². The first kappa shape index (κ1) is 21.7. The predicted molar refractivity (Wildman–Crippen MR) is 120 cm³/mol. The van der Waals surface area contributed by atoms with Gasteiger partial charge in [0.15, 0.2) is 4.77 Å². The number of hydrogen-bond acceptors (Lipinski definition) is 4. The Bertz CT molecular complexity index is 982. The lowest BCUT2D eigenvalue weighted by Gasteiger charge is -2.35. The van der Waals surface area contributed by atoms with Crippen molar-refractivity contribution >= 4 is 29.0 Å². The number of aromatic nitrogens is 2. The zero-order valence-corrected chi connectivity index (χ0v) is 18.7. The Labute approximate surface area is 177 Å². The smallest absolute Gasteiger partial charge is 0.262 e. The van der Waals surface area contributed by atoms with Crippen molar-refractivity contribution in [3.63, 3.8) is 0 Å². The Balaban J connectivity index is 1.89. The van der Waals surface area contributed by atoms with Gasteiger partial charge in [-0.15, -0.1) is 0 Å². The third-order valence-electron chi connectivity index (χ3n) is 5.92. The van der Waals surface area contributed by atoms with Crippen molar-refractivity contribution in [1.82, 2.24) is 19.4 Å². The minimum atomic E-state index is -0.102. The standard InChI is InChI=1S/C22H32N4O2S/c1-5-24(6-2)9-10-26-21(28)18-8-7-17(12-19(18)23-22(26)29)20(27)25-13-15(3)11-16(4)14-25/h7-8,12,15-16H,5-6,9-11,13-14H2,1-4H3,(H,23,29)/t15-,16-/m0/s1. The van der Waals surface area contributed by atoms with Crippen LogP contribution < -0.4 is 5.56 Å². The van der Waals surface area contributed by atoms with E-state index in [1.54, 1.807) is 22.8 Å². The maximum absolute atomic E-state index is 13.0. The Hall–Kier alpha value is -1.99. The molecule has 0 bridgehead atoms. The molecule has 1 aliphatic heterocycles. The number of H-pyrrole nitrogens is 1. The number of aromatic amines is 1. The van der Waals surface area contributed by atoms with Gasteiger partial charge in [0.1, 0.15) is 0 Å². The number of carbonyl (C=O) groups excluding carboxylic acids is 1. The van der Waals surface area contributed by atoms with E-state index in [2.05, 4.69) is 37.6 Å². The molecular weight excluding hydrogens is 384 g/mol. The summed E-state index contributed by atoms with van der Waals surface area (Å²) in [7, 11) is 0. The van der Waals surface area contributed by atoms with E-state index in [1.165, 1.54) is 0 Å². The maximum atomic E-state index is 13.0. The molecule has 29 heavy (non-hydrogen) atoms. The van der Waals surface area contributed by atoms with E-state index in [1.807, 2.05) is 4.90 Å². The summed E-state index contributed by atoms with van der Waals surface area (Å²) in [5.74, 6) is 1.04. The lowest BCUT2D eigenvalue weighted by molar-refractivity contribution is 0.0623. The molecule has 0 saturated carbocycles. The highest BCUT2D eigenvalue weighted by atomic mass is 32.1. The maximum Gasteiger partial charge on any atom is 0.262 e. The Kier molecular flexibility index (Phi) is 6.90. The van der Waals surface area contributed by atoms with Gasteiger partial charge in [-0.2, -0.15) is 0 Å². The van der Waals surface area contributed by atoms with Gasteiger partial charge < -0.3 is 14.8 Å². The number of amides is 1. The van der Waals surface area contributed by atoms with Crippen LogP contribution in [0.2, 0.25) is 0 Å². The molecule has 1 amide bonds. The van der Waals surface area contributed by atoms with Crippen LogP contribution in [0.4, 0.5) is 0 Å². The Morgan fingerprint density at radius 1 is 1.21 bits per heavy atom. The molecule has 3 rings (SSSR count). The number of rotatable bonds is 6. The minimum absolute atomic E-state index is 0.0235. The van der Waals surface area contributed by atoms with Crippen molar-refractivity contribution in [2.45, 2.75) is 40.7 Å². The zero-order chi connectivity index (χ0) is 21.1. The summed E-state index contributed by atoms with van der Waals surface area (Å²) in [4.78, 5) is 33.3. The van der Waals surface area contributed by atoms with E-state index < -0.39 is 0 Å². The number of likely N-dealkylation sites (N-methyl/N-ethyl adjacent to an activating group) is 1. The van der Waals surface area contributed by atoms with Crippen LogP contribution in [-0.4, -0.2) is 58.0 Å². The molecule has 1 saturated heterocycles. The van der Waals surface area contributed by atoms with Gasteiger partial charge in [0.05, 0.1) is 10.9 Å². The average Bonchev–Trinajstić information content (AvgIpc) is 2.69. The number of hydrogen-bond donors (Lipinski definition) is 1. The number of carbonyl (C=O) groups is 1. The van der Waals surface area contributed by atoms with E-state index in [0.29, 0.717) is 39.6 Å². The number of nitrogens with zero attached hydrogens (tertiary/aromatic N) is 3. The van der Waals surface area contributed by atoms with Crippen molar-refractivity contribution < 1.29 is 4.79 Å². The molecule has 1 fully saturated rings. The molecule has 1 aromatic heterocycles. The summed E-state index contributed by atoms with van der Waals surface area (Å²) in [6, 6.07) is 5.29. The summed E-state index contributed by atoms with van der Waals surface area (Å²) < 4.78 is 2.02. The Morgan fingerprint density at radius 2 is 1.86 bits per heavy atom. The van der Waals surface area contributed by atoms with Crippen LogP contribution in [0.5, 0.6) is 0 Å². The summed E-state index contributed by atoms with van der Waals surface area (Å²) in [6.45, 7) is 13.4. The summed E-state index contributed by atoms with van der Waals surface area (Å²) in [5, 5.41) is 0.565. The molecule has 7 heteroatoms. The van der Waals surface area contributed by atoms with Crippen molar-refractivity contribution in [1.29, 1.82) is 0 Å². The van der Waals surface area contributed by atoms with E-state index >= 15 is 0 Å². The van der Waals surface area contributed by atoms with E-state index in [0.717, 1.165) is 39.1 Å². The first-order valence-electron chi connectivity index (χ1n) is 10.6. The molecule has 6 nitrogen and oxygen atoms in total. The van der Waals surface area contributed by atoms with Gasteiger partial charge in [-0.1, -0.05) is 27.7 Å². The predicted octanol–water partition coefficient (Wildman–Crippen LogP) is 3.52. The summed E-state index contributed by atoms with van der Waals surface area (Å²) in [5.41, 5.74) is 1.13. The van der Waals surface area contributed by atoms with Crippen molar-refractivity contribution in [3.8, 4) is 0 Å². The molecule has 1 aliphatic rings. The van der Waals surface area contributed by atoms with Crippen LogP contribution in [0.25, 0.3) is 10.9 Å². The van der Waals surface area contributed by atoms with E-state index in [4.69, 9.17) is 12.2 Å². The SMILES string of the molecule is CCN(CC)CCn1c(=S)[nH]c2cc(C(=O)N3C[C@@H](C)C[C@H](C)C3)ccc2c1=O. The molecule has 0 spiro atoms. The topological polar surface area (TPSA) is 61.3 Å². The quantitative estimate of drug-likeness (QED) is 0.732. The lowest BCUT2D eigenvalue weighted by Crippen LogP contribution is -2.42. The van der Waals surface area contributed by atoms with Gasteiger partial charge >= 0.3 is 0 Å². The van der Waals surface area contributed by atoms with Crippen LogP contribution in [-0.2, 0) is 6.54 Å². The highest BCUT2D eigenvalue weighted by molar-refractivity contribution is 7.71. The molecule has 0 radical (unpaired) electrons. The third-order valence-corrected chi connectivity index (χ3v) is 6.24. The van der Waals surface area contributed by atoms with Crippen LogP contribution in [0.1, 0.15) is 44.5 Å². The highest BCUT2D eigenvalue weighted by Gasteiger charge is 2.26. The number of benzene rings is 1. The summed E-state index contributed by atoms with van der Waals surface area (Å²) in [6.07, 6.45) is 1.15. The number of piperidine rings is 1. The first-order chi connectivity index (χ1) is 13.8. The monoisotopic (exact) mass is 416 g/mol. The molecule has 158 valence electrons. The average molecular weight is 417 g/mol. The molecule has 2 aromatic rings. The number of fused-ring (bicyclic) bond motifs is 1. The van der Waals surface area contributed by atoms with Crippen LogP contribution >= 0.6 is 12.2 Å². The van der Waals surface area contributed by atoms with Gasteiger partial charge in [0, 0.05) is 31.7 Å². The van der Waals surface area contributed by atoms with E-state index in [9.17, 15) is 9.59 Å².